The van der Waals surface area contributed by atoms with Gasteiger partial charge in [0.1, 0.15) is 0 Å². The molecule has 1 aromatic rings. The van der Waals surface area contributed by atoms with Crippen molar-refractivity contribution in [1.29, 1.82) is 0 Å². The van der Waals surface area contributed by atoms with Crippen LogP contribution in [0.5, 0.6) is 0 Å². The van der Waals surface area contributed by atoms with Crippen molar-refractivity contribution in [3.05, 3.63) is 17.0 Å². The third kappa shape index (κ3) is 2.66. The van der Waals surface area contributed by atoms with Gasteiger partial charge in [-0.05, 0) is 40.2 Å². The van der Waals surface area contributed by atoms with E-state index in [0.717, 1.165) is 42.9 Å². The number of rotatable bonds is 3. The van der Waals surface area contributed by atoms with Gasteiger partial charge in [0.15, 0.2) is 0 Å². The maximum absolute atomic E-state index is 12.8. The topological polar surface area (TPSA) is 50.2 Å². The summed E-state index contributed by atoms with van der Waals surface area (Å²) in [6.45, 7) is 5.60. The molecule has 5 nitrogen and oxygen atoms in total. The van der Waals surface area contributed by atoms with Gasteiger partial charge in [-0.25, -0.2) is 0 Å². The molecule has 1 aliphatic heterocycles. The van der Waals surface area contributed by atoms with Crippen molar-refractivity contribution < 1.29 is 4.79 Å². The summed E-state index contributed by atoms with van der Waals surface area (Å²) in [5.41, 5.74) is 2.57. The second-order valence-corrected chi connectivity index (χ2v) is 5.38. The highest BCUT2D eigenvalue weighted by molar-refractivity contribution is 5.96. The predicted octanol–water partition coefficient (Wildman–Crippen LogP) is 1.25. The number of carbonyl (C=O) groups excluding carboxylic acids is 1. The van der Waals surface area contributed by atoms with E-state index in [-0.39, 0.29) is 5.91 Å². The normalized spacial score (nSPS) is 19.8. The zero-order valence-electron chi connectivity index (χ0n) is 12.4. The summed E-state index contributed by atoms with van der Waals surface area (Å²) in [5.74, 6) is 0.142. The van der Waals surface area contributed by atoms with E-state index in [1.54, 1.807) is 4.68 Å². The summed E-state index contributed by atoms with van der Waals surface area (Å²) < 4.78 is 1.79. The first-order valence-electron chi connectivity index (χ1n) is 7.02. The Bertz CT molecular complexity index is 464. The quantitative estimate of drug-likeness (QED) is 0.894. The fourth-order valence-corrected chi connectivity index (χ4v) is 2.94. The molecule has 1 N–H and O–H groups in total. The number of hydrogen-bond acceptors (Lipinski definition) is 3. The molecule has 106 valence electrons. The Hall–Kier alpha value is -1.36. The lowest BCUT2D eigenvalue weighted by Gasteiger charge is -2.35. The lowest BCUT2D eigenvalue weighted by atomic mass is 10.00. The van der Waals surface area contributed by atoms with Crippen molar-refractivity contribution in [1.82, 2.24) is 20.0 Å². The number of piperidine rings is 1. The molecule has 1 unspecified atom stereocenters. The molecule has 1 fully saturated rings. The molecule has 1 saturated heterocycles. The van der Waals surface area contributed by atoms with Gasteiger partial charge in [-0.2, -0.15) is 5.10 Å². The zero-order chi connectivity index (χ0) is 14.0. The summed E-state index contributed by atoms with van der Waals surface area (Å²) in [4.78, 5) is 14.8. The number of nitrogens with one attached hydrogen (secondary N) is 1. The number of aromatic nitrogens is 2. The summed E-state index contributed by atoms with van der Waals surface area (Å²) in [6, 6.07) is 0.310. The van der Waals surface area contributed by atoms with Crippen LogP contribution in [0.4, 0.5) is 0 Å². The Labute approximate surface area is 115 Å². The molecular weight excluding hydrogens is 240 g/mol. The number of likely N-dealkylation sites (N-methyl/N-ethyl adjacent to an activating group) is 1. The van der Waals surface area contributed by atoms with Crippen LogP contribution < -0.4 is 5.32 Å². The monoisotopic (exact) mass is 264 g/mol. The number of carbonyl (C=O) groups is 1. The van der Waals surface area contributed by atoms with Crippen LogP contribution in [-0.4, -0.2) is 46.8 Å². The summed E-state index contributed by atoms with van der Waals surface area (Å²) in [7, 11) is 3.83. The molecule has 19 heavy (non-hydrogen) atoms. The summed E-state index contributed by atoms with van der Waals surface area (Å²) >= 11 is 0. The highest BCUT2D eigenvalue weighted by Gasteiger charge is 2.30. The van der Waals surface area contributed by atoms with Crippen molar-refractivity contribution in [2.45, 2.75) is 39.2 Å². The van der Waals surface area contributed by atoms with Crippen LogP contribution in [0.3, 0.4) is 0 Å². The van der Waals surface area contributed by atoms with Gasteiger partial charge >= 0.3 is 0 Å². The SMILES string of the molecule is CNCC1CCCCN1C(=O)c1c(C)nn(C)c1C. The van der Waals surface area contributed by atoms with Gasteiger partial charge < -0.3 is 10.2 Å². The molecule has 5 heteroatoms. The highest BCUT2D eigenvalue weighted by atomic mass is 16.2. The van der Waals surface area contributed by atoms with E-state index in [1.807, 2.05) is 32.8 Å². The molecule has 0 spiro atoms. The summed E-state index contributed by atoms with van der Waals surface area (Å²) in [6.07, 6.45) is 3.40. The van der Waals surface area contributed by atoms with Crippen LogP contribution in [0.2, 0.25) is 0 Å². The Morgan fingerprint density at radius 2 is 2.16 bits per heavy atom. The molecule has 1 aliphatic rings. The van der Waals surface area contributed by atoms with Crippen molar-refractivity contribution in [2.24, 2.45) is 7.05 Å². The van der Waals surface area contributed by atoms with E-state index in [0.29, 0.717) is 6.04 Å². The molecule has 1 aromatic heterocycles. The maximum Gasteiger partial charge on any atom is 0.257 e. The largest absolute Gasteiger partial charge is 0.334 e. The lowest BCUT2D eigenvalue weighted by Crippen LogP contribution is -2.48. The van der Waals surface area contributed by atoms with E-state index in [9.17, 15) is 4.79 Å². The molecule has 0 radical (unpaired) electrons. The van der Waals surface area contributed by atoms with Crippen LogP contribution in [0.1, 0.15) is 41.0 Å². The van der Waals surface area contributed by atoms with Crippen LogP contribution in [0, 0.1) is 13.8 Å². The minimum Gasteiger partial charge on any atom is -0.334 e. The van der Waals surface area contributed by atoms with Crippen LogP contribution in [0.15, 0.2) is 0 Å². The van der Waals surface area contributed by atoms with E-state index >= 15 is 0 Å². The molecule has 0 aromatic carbocycles. The zero-order valence-corrected chi connectivity index (χ0v) is 12.4. The van der Waals surface area contributed by atoms with Gasteiger partial charge in [0.05, 0.1) is 11.3 Å². The van der Waals surface area contributed by atoms with E-state index < -0.39 is 0 Å². The van der Waals surface area contributed by atoms with Crippen molar-refractivity contribution >= 4 is 5.91 Å². The minimum absolute atomic E-state index is 0.142. The average Bonchev–Trinajstić information content (AvgIpc) is 2.64. The smallest absolute Gasteiger partial charge is 0.257 e. The third-order valence-electron chi connectivity index (χ3n) is 4.05. The average molecular weight is 264 g/mol. The number of nitrogens with zero attached hydrogens (tertiary/aromatic N) is 3. The standard InChI is InChI=1S/C14H24N4O/c1-10-13(11(2)17(4)16-10)14(19)18-8-6-5-7-12(18)9-15-3/h12,15H,5-9H2,1-4H3. The van der Waals surface area contributed by atoms with Gasteiger partial charge in [-0.1, -0.05) is 0 Å². The van der Waals surface area contributed by atoms with Gasteiger partial charge in [0.2, 0.25) is 0 Å². The first-order valence-corrected chi connectivity index (χ1v) is 7.02. The van der Waals surface area contributed by atoms with Crippen molar-refractivity contribution in [2.75, 3.05) is 20.1 Å². The number of aryl methyl sites for hydroxylation is 2. The molecule has 0 bridgehead atoms. The number of likely N-dealkylation sites (tertiary alicyclic amines) is 1. The summed E-state index contributed by atoms with van der Waals surface area (Å²) in [5, 5.41) is 7.54. The molecule has 1 amide bonds. The van der Waals surface area contributed by atoms with Crippen LogP contribution in [-0.2, 0) is 7.05 Å². The molecule has 0 saturated carbocycles. The van der Waals surface area contributed by atoms with Crippen molar-refractivity contribution in [3.63, 3.8) is 0 Å². The molecule has 2 heterocycles. The highest BCUT2D eigenvalue weighted by Crippen LogP contribution is 2.22. The Balaban J connectivity index is 2.26. The first-order chi connectivity index (χ1) is 9.06. The number of amides is 1. The molecular formula is C14H24N4O. The second kappa shape index (κ2) is 5.74. The lowest BCUT2D eigenvalue weighted by molar-refractivity contribution is 0.0613. The Morgan fingerprint density at radius 3 is 2.74 bits per heavy atom. The first kappa shape index (κ1) is 14.1. The van der Waals surface area contributed by atoms with Gasteiger partial charge in [0, 0.05) is 31.9 Å². The second-order valence-electron chi connectivity index (χ2n) is 5.38. The molecule has 2 rings (SSSR count). The van der Waals surface area contributed by atoms with Crippen molar-refractivity contribution in [3.8, 4) is 0 Å². The third-order valence-corrected chi connectivity index (χ3v) is 4.05. The van der Waals surface area contributed by atoms with E-state index in [1.165, 1.54) is 6.42 Å². The van der Waals surface area contributed by atoms with Gasteiger partial charge in [0.25, 0.3) is 5.91 Å². The Kier molecular flexibility index (Phi) is 4.24. The Morgan fingerprint density at radius 1 is 1.42 bits per heavy atom. The van der Waals surface area contributed by atoms with Gasteiger partial charge in [-0.3, -0.25) is 9.48 Å². The van der Waals surface area contributed by atoms with Crippen LogP contribution in [0.25, 0.3) is 0 Å². The fraction of sp³-hybridized carbons (Fsp3) is 0.714. The van der Waals surface area contributed by atoms with Crippen LogP contribution >= 0.6 is 0 Å². The van der Waals surface area contributed by atoms with Gasteiger partial charge in [-0.15, -0.1) is 0 Å². The number of hydrogen-bond donors (Lipinski definition) is 1. The molecule has 1 atom stereocenters. The minimum atomic E-state index is 0.142. The van der Waals surface area contributed by atoms with E-state index in [2.05, 4.69) is 10.4 Å². The predicted molar refractivity (Wildman–Crippen MR) is 75.3 cm³/mol. The maximum atomic E-state index is 12.8. The van der Waals surface area contributed by atoms with E-state index in [4.69, 9.17) is 0 Å². The molecule has 0 aliphatic carbocycles. The fourth-order valence-electron chi connectivity index (χ4n) is 2.94.